The molecule has 4 aromatic rings. The van der Waals surface area contributed by atoms with Gasteiger partial charge in [0.2, 0.25) is 40.1 Å². The van der Waals surface area contributed by atoms with Crippen LogP contribution >= 0.6 is 0 Å². The number of nitrogens with one attached hydrogen (secondary N) is 2. The fourth-order valence-electron chi connectivity index (χ4n) is 7.21. The van der Waals surface area contributed by atoms with E-state index in [1.807, 2.05) is 27.7 Å². The molecule has 2 N–H and O–H groups in total. The lowest BCUT2D eigenvalue weighted by Gasteiger charge is -2.29. The maximum Gasteiger partial charge on any atom is 0.243 e. The third-order valence-electron chi connectivity index (χ3n) is 11.5. The van der Waals surface area contributed by atoms with Crippen LogP contribution in [0.15, 0.2) is 117 Å². The van der Waals surface area contributed by atoms with E-state index >= 15 is 0 Å². The molecule has 22 heteroatoms. The number of rotatable bonds is 8. The first-order valence-corrected chi connectivity index (χ1v) is 29.2. The Bertz CT molecular complexity index is 2530. The molecule has 70 heavy (non-hydrogen) atoms. The summed E-state index contributed by atoms with van der Waals surface area (Å²) >= 11 is 0. The van der Waals surface area contributed by atoms with Crippen LogP contribution in [0.1, 0.15) is 22.3 Å². The van der Waals surface area contributed by atoms with Crippen molar-refractivity contribution in [2.45, 2.75) is 47.3 Å². The number of hydrogen-bond acceptors (Lipinski definition) is 14. The Labute approximate surface area is 416 Å². The van der Waals surface area contributed by atoms with E-state index in [9.17, 15) is 33.7 Å². The summed E-state index contributed by atoms with van der Waals surface area (Å²) in [5, 5.41) is 6.48. The van der Waals surface area contributed by atoms with Crippen LogP contribution in [0, 0.1) is 27.7 Å². The molecule has 1 saturated heterocycles. The molecule has 388 valence electrons. The Balaban J connectivity index is 1.36. The van der Waals surface area contributed by atoms with Crippen molar-refractivity contribution in [1.82, 2.24) is 27.9 Å². The first-order valence-electron chi connectivity index (χ1n) is 23.4. The summed E-state index contributed by atoms with van der Waals surface area (Å²) in [6.07, 6.45) is 0. The van der Waals surface area contributed by atoms with Crippen molar-refractivity contribution >= 4 is 40.1 Å². The summed E-state index contributed by atoms with van der Waals surface area (Å²) in [6.45, 7) is 9.27. The Morgan fingerprint density at radius 1 is 0.300 bits per heavy atom. The van der Waals surface area contributed by atoms with Gasteiger partial charge < -0.3 is 29.6 Å². The summed E-state index contributed by atoms with van der Waals surface area (Å²) in [7, 11) is -16.4. The van der Waals surface area contributed by atoms with Gasteiger partial charge in [0, 0.05) is 78.5 Å². The molecular formula is C48H70N6O12S4. The number of benzene rings is 4. The first-order chi connectivity index (χ1) is 33.4. The van der Waals surface area contributed by atoms with Crippen molar-refractivity contribution in [2.75, 3.05) is 131 Å². The molecule has 0 spiro atoms. The van der Waals surface area contributed by atoms with Gasteiger partial charge in [-0.05, 0) is 76.2 Å². The average molecular weight is 1050 g/mol. The van der Waals surface area contributed by atoms with Crippen molar-refractivity contribution in [2.24, 2.45) is 0 Å². The van der Waals surface area contributed by atoms with E-state index in [-0.39, 0.29) is 112 Å². The van der Waals surface area contributed by atoms with E-state index in [0.717, 1.165) is 26.6 Å². The van der Waals surface area contributed by atoms with E-state index < -0.39 is 40.1 Å². The minimum Gasteiger partial charge on any atom is -0.378 e. The van der Waals surface area contributed by atoms with Crippen molar-refractivity contribution in [3.63, 3.8) is 0 Å². The van der Waals surface area contributed by atoms with Gasteiger partial charge in [0.05, 0.1) is 72.4 Å². The lowest BCUT2D eigenvalue weighted by molar-refractivity contribution is 0.0447. The number of sulfonamides is 4. The van der Waals surface area contributed by atoms with Gasteiger partial charge in [-0.25, -0.2) is 33.7 Å². The highest BCUT2D eigenvalue weighted by molar-refractivity contribution is 7.90. The van der Waals surface area contributed by atoms with Crippen LogP contribution in [0.2, 0.25) is 0 Å². The quantitative estimate of drug-likeness (QED) is 0.260. The highest BCUT2D eigenvalue weighted by Gasteiger charge is 2.32. The minimum absolute atomic E-state index is 0.0207. The molecular weight excluding hydrogens is 981 g/mol. The van der Waals surface area contributed by atoms with Crippen LogP contribution in [-0.4, -0.2) is 182 Å². The second-order valence-corrected chi connectivity index (χ2v) is 24.6. The standard InChI is InChI=1S/C48H70N6O12S4/c1-41-5-13-45(14-6-41)67(55,56)51-25-21-49-23-33-63-37-39-65-35-31-53(69(59,60)47-17-9-43(3)10-18-47)29-27-52(68(57,58)46-15-7-42(2)8-16-46)28-30-54(70(61,62)48-19-11-44(4)12-20-48)32-36-66-40-38-64-34-24-50-22-26-51/h5-20,49-50H,21-40H2,1-4H3. The smallest absolute Gasteiger partial charge is 0.243 e. The number of ether oxygens (including phenoxy) is 4. The van der Waals surface area contributed by atoms with E-state index in [1.54, 1.807) is 60.7 Å². The molecule has 1 aliphatic rings. The minimum atomic E-state index is -4.29. The second kappa shape index (κ2) is 27.9. The Morgan fingerprint density at radius 3 is 0.800 bits per heavy atom. The van der Waals surface area contributed by atoms with Crippen LogP contribution in [0.4, 0.5) is 0 Å². The van der Waals surface area contributed by atoms with Crippen molar-refractivity contribution in [1.29, 1.82) is 0 Å². The zero-order valence-corrected chi connectivity index (χ0v) is 44.0. The molecule has 0 aromatic heterocycles. The van der Waals surface area contributed by atoms with E-state index in [4.69, 9.17) is 18.9 Å². The zero-order valence-electron chi connectivity index (χ0n) is 40.7. The fraction of sp³-hybridized carbons (Fsp3) is 0.500. The van der Waals surface area contributed by atoms with Crippen molar-refractivity contribution in [3.8, 4) is 0 Å². The number of hydrogen-bond donors (Lipinski definition) is 2. The summed E-state index contributed by atoms with van der Waals surface area (Å²) in [5.41, 5.74) is 3.50. The summed E-state index contributed by atoms with van der Waals surface area (Å²) < 4.78 is 141. The largest absolute Gasteiger partial charge is 0.378 e. The molecule has 0 radical (unpaired) electrons. The molecule has 1 heterocycles. The van der Waals surface area contributed by atoms with E-state index in [1.165, 1.54) is 49.3 Å². The summed E-state index contributed by atoms with van der Waals surface area (Å²) in [5.74, 6) is 0. The van der Waals surface area contributed by atoms with Crippen LogP contribution in [0.3, 0.4) is 0 Å². The topological polar surface area (TPSA) is 210 Å². The molecule has 5 rings (SSSR count). The Kier molecular flexibility index (Phi) is 22.8. The Morgan fingerprint density at radius 2 is 0.529 bits per heavy atom. The van der Waals surface area contributed by atoms with Gasteiger partial charge >= 0.3 is 0 Å². The molecule has 0 aliphatic carbocycles. The SMILES string of the molecule is Cc1ccc(S(=O)(=O)N2CCNCCOCCOCCN(S(=O)(=O)c3ccc(C)cc3)CCN(S(=O)(=O)c3ccc(C)cc3)CCN(S(=O)(=O)c3ccc(C)cc3)CCOCCOCCNCC2)cc1. The fourth-order valence-corrected chi connectivity index (χ4v) is 12.9. The van der Waals surface area contributed by atoms with E-state index in [0.29, 0.717) is 39.4 Å². The predicted molar refractivity (Wildman–Crippen MR) is 269 cm³/mol. The van der Waals surface area contributed by atoms with Gasteiger partial charge in [0.25, 0.3) is 0 Å². The van der Waals surface area contributed by atoms with Gasteiger partial charge in [-0.2, -0.15) is 17.2 Å². The number of nitrogens with zero attached hydrogens (tertiary/aromatic N) is 4. The van der Waals surface area contributed by atoms with Gasteiger partial charge in [-0.15, -0.1) is 0 Å². The Hall–Kier alpha value is -3.72. The van der Waals surface area contributed by atoms with Gasteiger partial charge in [0.1, 0.15) is 0 Å². The monoisotopic (exact) mass is 1050 g/mol. The predicted octanol–water partition coefficient (Wildman–Crippen LogP) is 3.24. The third-order valence-corrected chi connectivity index (χ3v) is 19.1. The lowest BCUT2D eigenvalue weighted by atomic mass is 10.2. The van der Waals surface area contributed by atoms with Crippen molar-refractivity contribution in [3.05, 3.63) is 119 Å². The molecule has 0 saturated carbocycles. The van der Waals surface area contributed by atoms with Crippen molar-refractivity contribution < 1.29 is 52.6 Å². The molecule has 18 nitrogen and oxygen atoms in total. The highest BCUT2D eigenvalue weighted by atomic mass is 32.2. The van der Waals surface area contributed by atoms with Crippen LogP contribution in [-0.2, 0) is 59.0 Å². The molecule has 0 atom stereocenters. The van der Waals surface area contributed by atoms with Gasteiger partial charge in [-0.1, -0.05) is 70.8 Å². The lowest BCUT2D eigenvalue weighted by Crippen LogP contribution is -2.46. The first kappa shape index (κ1) is 57.2. The summed E-state index contributed by atoms with van der Waals surface area (Å²) in [6, 6.07) is 25.7. The van der Waals surface area contributed by atoms with Crippen LogP contribution in [0.5, 0.6) is 0 Å². The van der Waals surface area contributed by atoms with Crippen LogP contribution in [0.25, 0.3) is 0 Å². The van der Waals surface area contributed by atoms with Gasteiger partial charge in [-0.3, -0.25) is 0 Å². The maximum absolute atomic E-state index is 14.5. The molecule has 0 amide bonds. The van der Waals surface area contributed by atoms with Crippen LogP contribution < -0.4 is 10.6 Å². The molecule has 4 aromatic carbocycles. The summed E-state index contributed by atoms with van der Waals surface area (Å²) in [4.78, 5) is 0.225. The van der Waals surface area contributed by atoms with E-state index in [2.05, 4.69) is 10.6 Å². The molecule has 1 fully saturated rings. The highest BCUT2D eigenvalue weighted by Crippen LogP contribution is 2.22. The molecule has 1 aliphatic heterocycles. The second-order valence-electron chi connectivity index (χ2n) is 16.8. The normalized spacial score (nSPS) is 19.0. The van der Waals surface area contributed by atoms with Gasteiger partial charge in [0.15, 0.2) is 0 Å². The average Bonchev–Trinajstić information content (AvgIpc) is 3.32. The maximum atomic E-state index is 14.5. The molecule has 0 unspecified atom stereocenters. The third kappa shape index (κ3) is 17.2. The molecule has 0 bridgehead atoms. The zero-order chi connectivity index (χ0) is 50.6. The number of aryl methyl sites for hydroxylation is 4.